The Hall–Kier alpha value is -3.83. The fourth-order valence-electron chi connectivity index (χ4n) is 5.75. The lowest BCUT2D eigenvalue weighted by Gasteiger charge is -2.40. The van der Waals surface area contributed by atoms with E-state index in [1.165, 1.54) is 10.6 Å². The van der Waals surface area contributed by atoms with Crippen LogP contribution < -0.4 is 15.3 Å². The third kappa shape index (κ3) is 5.08. The number of rotatable bonds is 5. The van der Waals surface area contributed by atoms with Crippen LogP contribution in [0.5, 0.6) is 5.75 Å². The number of allylic oxidation sites excluding steroid dienone is 1. The number of piperazine rings is 1. The van der Waals surface area contributed by atoms with E-state index >= 15 is 4.39 Å². The van der Waals surface area contributed by atoms with Gasteiger partial charge < -0.3 is 14.5 Å². The van der Waals surface area contributed by atoms with E-state index in [1.54, 1.807) is 41.4 Å². The van der Waals surface area contributed by atoms with Crippen LogP contribution in [0.1, 0.15) is 31.0 Å². The number of carbonyl (C=O) groups excluding carboxylic acids is 1. The first kappa shape index (κ1) is 29.3. The molecular weight excluding hydrogens is 639 g/mol. The number of benzene rings is 1. The molecule has 43 heavy (non-hydrogen) atoms. The summed E-state index contributed by atoms with van der Waals surface area (Å²) < 4.78 is 23.0. The molecule has 222 valence electrons. The summed E-state index contributed by atoms with van der Waals surface area (Å²) in [7, 11) is 0. The number of aromatic nitrogens is 4. The third-order valence-corrected chi connectivity index (χ3v) is 8.52. The lowest BCUT2D eigenvalue weighted by Crippen LogP contribution is -2.56. The Balaban J connectivity index is 1.63. The molecule has 1 saturated heterocycles. The van der Waals surface area contributed by atoms with Gasteiger partial charge in [0.15, 0.2) is 11.4 Å². The topological polar surface area (TPSA) is 93.5 Å². The molecule has 0 radical (unpaired) electrons. The zero-order valence-corrected chi connectivity index (χ0v) is 26.2. The van der Waals surface area contributed by atoms with Crippen molar-refractivity contribution < 1.29 is 13.9 Å². The van der Waals surface area contributed by atoms with Gasteiger partial charge in [0.05, 0.1) is 23.1 Å². The zero-order chi connectivity index (χ0) is 30.4. The molecule has 3 aromatic heterocycles. The summed E-state index contributed by atoms with van der Waals surface area (Å²) in [6.45, 7) is 7.26. The molecule has 12 heteroatoms. The molecule has 1 atom stereocenters. The van der Waals surface area contributed by atoms with Crippen LogP contribution in [0, 0.1) is 12.7 Å². The molecule has 2 aliphatic heterocycles. The van der Waals surface area contributed by atoms with E-state index in [0.717, 1.165) is 5.56 Å². The minimum atomic E-state index is -0.555. The maximum absolute atomic E-state index is 15.2. The van der Waals surface area contributed by atoms with Crippen molar-refractivity contribution in [2.75, 3.05) is 36.5 Å². The van der Waals surface area contributed by atoms with E-state index in [0.29, 0.717) is 47.5 Å². The lowest BCUT2D eigenvalue weighted by atomic mass is 10.0. The highest BCUT2D eigenvalue weighted by Crippen LogP contribution is 2.45. The molecular formula is C31H29BrClFN6O3. The van der Waals surface area contributed by atoms with E-state index in [2.05, 4.69) is 25.9 Å². The lowest BCUT2D eigenvalue weighted by molar-refractivity contribution is -0.126. The van der Waals surface area contributed by atoms with Crippen LogP contribution in [0.15, 0.2) is 53.5 Å². The Bertz CT molecular complexity index is 1850. The number of pyridine rings is 2. The number of anilines is 1. The van der Waals surface area contributed by atoms with Crippen molar-refractivity contribution in [3.63, 3.8) is 0 Å². The van der Waals surface area contributed by atoms with Crippen LogP contribution in [0.2, 0.25) is 5.02 Å². The van der Waals surface area contributed by atoms with Crippen LogP contribution in [0.25, 0.3) is 28.0 Å². The van der Waals surface area contributed by atoms with Crippen LogP contribution in [0.4, 0.5) is 10.2 Å². The summed E-state index contributed by atoms with van der Waals surface area (Å²) in [6, 6.07) is 7.72. The van der Waals surface area contributed by atoms with Gasteiger partial charge in [0, 0.05) is 36.7 Å². The van der Waals surface area contributed by atoms with Gasteiger partial charge in [-0.15, -0.1) is 0 Å². The van der Waals surface area contributed by atoms with Gasteiger partial charge in [0.1, 0.15) is 28.7 Å². The summed E-state index contributed by atoms with van der Waals surface area (Å²) in [5.74, 6) is 0.00192. The highest BCUT2D eigenvalue weighted by molar-refractivity contribution is 9.09. The van der Waals surface area contributed by atoms with Crippen LogP contribution in [0.3, 0.4) is 0 Å². The number of hydrogen-bond acceptors (Lipinski definition) is 7. The predicted molar refractivity (Wildman–Crippen MR) is 168 cm³/mol. The number of aryl methyl sites for hydroxylation is 1. The summed E-state index contributed by atoms with van der Waals surface area (Å²) in [4.78, 5) is 44.7. The number of alkyl halides is 1. The molecule has 6 rings (SSSR count). The smallest absolute Gasteiger partial charge is 0.355 e. The molecule has 0 N–H and O–H groups in total. The zero-order valence-electron chi connectivity index (χ0n) is 23.9. The molecule has 0 spiro atoms. The van der Waals surface area contributed by atoms with Gasteiger partial charge in [-0.25, -0.2) is 18.7 Å². The van der Waals surface area contributed by atoms with Gasteiger partial charge in [-0.3, -0.25) is 9.78 Å². The molecule has 0 bridgehead atoms. The number of ether oxygens (including phenoxy) is 1. The second-order valence-electron chi connectivity index (χ2n) is 10.9. The molecule has 1 aromatic carbocycles. The van der Waals surface area contributed by atoms with Crippen LogP contribution >= 0.6 is 27.5 Å². The average molecular weight is 668 g/mol. The first-order valence-electron chi connectivity index (χ1n) is 14.0. The number of halogens is 3. The number of fused-ring (bicyclic) bond motifs is 2. The Labute approximate surface area is 261 Å². The minimum absolute atomic E-state index is 0.0187. The number of amides is 1. The van der Waals surface area contributed by atoms with Crippen molar-refractivity contribution in [1.29, 1.82) is 0 Å². The van der Waals surface area contributed by atoms with Crippen molar-refractivity contribution in [2.45, 2.75) is 32.7 Å². The average Bonchev–Trinajstić information content (AvgIpc) is 3.15. The molecule has 1 amide bonds. The summed E-state index contributed by atoms with van der Waals surface area (Å²) in [5.41, 5.74) is 2.08. The van der Waals surface area contributed by atoms with E-state index in [1.807, 2.05) is 31.7 Å². The number of carbonyl (C=O) groups is 1. The first-order valence-corrected chi connectivity index (χ1v) is 15.5. The number of hydrogen-bond donors (Lipinski definition) is 0. The maximum Gasteiger partial charge on any atom is 0.355 e. The van der Waals surface area contributed by atoms with Gasteiger partial charge >= 0.3 is 5.69 Å². The number of nitrogens with zero attached hydrogens (tertiary/aromatic N) is 6. The van der Waals surface area contributed by atoms with Gasteiger partial charge in [-0.2, -0.15) is 4.98 Å². The molecule has 1 fully saturated rings. The second kappa shape index (κ2) is 11.7. The third-order valence-electron chi connectivity index (χ3n) is 7.79. The molecule has 4 aromatic rings. The Morgan fingerprint density at radius 3 is 2.77 bits per heavy atom. The fraction of sp³-hybridized carbons (Fsp3) is 0.323. The summed E-state index contributed by atoms with van der Waals surface area (Å²) in [5, 5.41) is 1.14. The normalized spacial score (nSPS) is 16.5. The van der Waals surface area contributed by atoms with Crippen LogP contribution in [-0.4, -0.2) is 67.9 Å². The second-order valence-corrected chi connectivity index (χ2v) is 11.9. The monoisotopic (exact) mass is 666 g/mol. The van der Waals surface area contributed by atoms with E-state index in [-0.39, 0.29) is 52.2 Å². The minimum Gasteiger partial charge on any atom is -0.489 e. The highest BCUT2D eigenvalue weighted by Gasteiger charge is 2.37. The molecule has 5 heterocycles. The van der Waals surface area contributed by atoms with Gasteiger partial charge in [0.2, 0.25) is 5.91 Å². The van der Waals surface area contributed by atoms with Gasteiger partial charge in [0.25, 0.3) is 0 Å². The maximum atomic E-state index is 15.2. The Morgan fingerprint density at radius 1 is 1.23 bits per heavy atom. The van der Waals surface area contributed by atoms with Crippen molar-refractivity contribution in [3.05, 3.63) is 81.3 Å². The molecule has 0 unspecified atom stereocenters. The van der Waals surface area contributed by atoms with Crippen molar-refractivity contribution >= 4 is 50.3 Å². The molecule has 2 aliphatic rings. The largest absolute Gasteiger partial charge is 0.489 e. The summed E-state index contributed by atoms with van der Waals surface area (Å²) in [6.07, 6.45) is 5.00. The van der Waals surface area contributed by atoms with E-state index in [4.69, 9.17) is 21.3 Å². The van der Waals surface area contributed by atoms with E-state index < -0.39 is 11.5 Å². The van der Waals surface area contributed by atoms with Crippen molar-refractivity contribution in [2.24, 2.45) is 0 Å². The first-order chi connectivity index (χ1) is 20.7. The van der Waals surface area contributed by atoms with Gasteiger partial charge in [-0.05, 0) is 42.7 Å². The fourth-order valence-corrected chi connectivity index (χ4v) is 6.23. The predicted octanol–water partition coefficient (Wildman–Crippen LogP) is 5.43. The molecule has 0 saturated carbocycles. The Kier molecular flexibility index (Phi) is 7.95. The molecule has 9 nitrogen and oxygen atoms in total. The van der Waals surface area contributed by atoms with Gasteiger partial charge in [-0.1, -0.05) is 59.6 Å². The summed E-state index contributed by atoms with van der Waals surface area (Å²) >= 11 is 10.3. The van der Waals surface area contributed by atoms with Crippen LogP contribution in [-0.2, 0) is 4.79 Å². The Morgan fingerprint density at radius 2 is 2.02 bits per heavy atom. The van der Waals surface area contributed by atoms with Crippen molar-refractivity contribution in [3.8, 4) is 22.7 Å². The highest BCUT2D eigenvalue weighted by atomic mass is 79.9. The van der Waals surface area contributed by atoms with Crippen molar-refractivity contribution in [1.82, 2.24) is 24.4 Å². The standard InChI is InChI=1S/C31H29BrClFN6O3/c1-17(2)25-27(18(3)10-12-35-25)40-30-23-28(24(33)26(36-30)20-7-4-5-8-21(20)34)43-16-19-15-38(22(41)9-6-11-32)13-14-39(19)29(23)37-31(40)42/h4-10,12,17,19H,11,13-16H2,1-3H3/b9-6+/t19-/m1/s1. The quantitative estimate of drug-likeness (QED) is 0.207. The molecule has 0 aliphatic carbocycles. The van der Waals surface area contributed by atoms with E-state index in [9.17, 15) is 9.59 Å². The SMILES string of the molecule is Cc1ccnc(C(C)C)c1-n1c(=O)nc2c3c(c(Cl)c(-c4ccccc4F)nc31)OC[C@H]1CN(C(=O)/C=C/CBr)CCN21.